The molecule has 0 saturated heterocycles. The van der Waals surface area contributed by atoms with Crippen LogP contribution in [-0.2, 0) is 9.53 Å². The van der Waals surface area contributed by atoms with Crippen molar-refractivity contribution in [3.63, 3.8) is 0 Å². The summed E-state index contributed by atoms with van der Waals surface area (Å²) in [6.45, 7) is 3.75. The van der Waals surface area contributed by atoms with E-state index in [0.717, 1.165) is 17.7 Å². The van der Waals surface area contributed by atoms with Gasteiger partial charge in [-0.15, -0.1) is 0 Å². The monoisotopic (exact) mass is 371 g/mol. The number of hydrogen-bond acceptors (Lipinski definition) is 5. The van der Waals surface area contributed by atoms with Gasteiger partial charge in [0.25, 0.3) is 5.56 Å². The first kappa shape index (κ1) is 18.6. The largest absolute Gasteiger partial charge is 0.462 e. The molecule has 8 heteroatoms. The Hall–Kier alpha value is -3.16. The molecule has 2 aromatic rings. The molecule has 1 N–H and O–H groups in total. The highest BCUT2D eigenvalue weighted by molar-refractivity contribution is 6.04. The van der Waals surface area contributed by atoms with Crippen molar-refractivity contribution < 1.29 is 14.3 Å². The number of ether oxygens (including phenoxy) is 1. The Bertz CT molecular complexity index is 1020. The summed E-state index contributed by atoms with van der Waals surface area (Å²) in [6.07, 6.45) is 2.73. The molecule has 0 radical (unpaired) electrons. The predicted molar refractivity (Wildman–Crippen MR) is 99.7 cm³/mol. The second kappa shape index (κ2) is 7.22. The predicted octanol–water partition coefficient (Wildman–Crippen LogP) is 1.56. The second-order valence-electron chi connectivity index (χ2n) is 6.37. The van der Waals surface area contributed by atoms with Crippen LogP contribution in [0.5, 0.6) is 0 Å². The first-order valence-corrected chi connectivity index (χ1v) is 8.84. The van der Waals surface area contributed by atoms with Crippen LogP contribution >= 0.6 is 0 Å². The van der Waals surface area contributed by atoms with Crippen molar-refractivity contribution in [1.29, 1.82) is 0 Å². The quantitative estimate of drug-likeness (QED) is 0.804. The van der Waals surface area contributed by atoms with Gasteiger partial charge in [-0.3, -0.25) is 19.1 Å². The number of amides is 1. The van der Waals surface area contributed by atoms with Crippen LogP contribution in [0.1, 0.15) is 48.5 Å². The lowest BCUT2D eigenvalue weighted by atomic mass is 9.95. The van der Waals surface area contributed by atoms with Crippen molar-refractivity contribution in [3.05, 3.63) is 56.4 Å². The molecule has 1 aliphatic heterocycles. The summed E-state index contributed by atoms with van der Waals surface area (Å²) in [5.74, 6) is -1.05. The van der Waals surface area contributed by atoms with Crippen LogP contribution in [0.4, 0.5) is 5.69 Å². The average molecular weight is 371 g/mol. The van der Waals surface area contributed by atoms with E-state index >= 15 is 0 Å². The van der Waals surface area contributed by atoms with Gasteiger partial charge in [0, 0.05) is 18.9 Å². The lowest BCUT2D eigenvalue weighted by Gasteiger charge is -2.12. The van der Waals surface area contributed by atoms with Crippen LogP contribution < -0.4 is 16.1 Å². The fraction of sp³-hybridized carbons (Fsp3) is 0.368. The fourth-order valence-electron chi connectivity index (χ4n) is 3.35. The van der Waals surface area contributed by atoms with Gasteiger partial charge in [0.05, 0.1) is 18.2 Å². The SMILES string of the molecule is CCCC1C(=O)N(C)c2ccc(-n3cc(C(=O)OCC)c(=O)[nH]c3=O)cc21. The lowest BCUT2D eigenvalue weighted by molar-refractivity contribution is -0.119. The minimum absolute atomic E-state index is 0.0185. The van der Waals surface area contributed by atoms with Crippen molar-refractivity contribution in [3.8, 4) is 5.69 Å². The molecule has 0 fully saturated rings. The normalized spacial score (nSPS) is 15.7. The first-order valence-electron chi connectivity index (χ1n) is 8.84. The van der Waals surface area contributed by atoms with E-state index in [0.29, 0.717) is 12.1 Å². The standard InChI is InChI=1S/C19H21N3O5/c1-4-6-12-13-9-11(7-8-15(13)21(3)17(12)24)22-10-14(18(25)27-5-2)16(23)20-19(22)26/h7-10,12H,4-6H2,1-3H3,(H,20,23,26). The number of benzene rings is 1. The topological polar surface area (TPSA) is 101 Å². The van der Waals surface area contributed by atoms with Crippen LogP contribution in [-0.4, -0.2) is 35.1 Å². The molecule has 3 rings (SSSR count). The van der Waals surface area contributed by atoms with E-state index in [2.05, 4.69) is 4.98 Å². The molecular weight excluding hydrogens is 350 g/mol. The average Bonchev–Trinajstić information content (AvgIpc) is 2.87. The number of aromatic amines is 1. The number of hydrogen-bond donors (Lipinski definition) is 1. The third-order valence-electron chi connectivity index (χ3n) is 4.67. The molecule has 1 unspecified atom stereocenters. The Morgan fingerprint density at radius 3 is 2.63 bits per heavy atom. The zero-order chi connectivity index (χ0) is 19.7. The molecule has 142 valence electrons. The minimum atomic E-state index is -0.799. The van der Waals surface area contributed by atoms with Crippen molar-refractivity contribution in [2.75, 3.05) is 18.6 Å². The van der Waals surface area contributed by atoms with Crippen LogP contribution in [0.15, 0.2) is 34.0 Å². The van der Waals surface area contributed by atoms with Crippen LogP contribution in [0.2, 0.25) is 0 Å². The Labute approximate surface area is 155 Å². The summed E-state index contributed by atoms with van der Waals surface area (Å²) < 4.78 is 6.05. The maximum absolute atomic E-state index is 12.5. The molecule has 0 saturated carbocycles. The van der Waals surface area contributed by atoms with Gasteiger partial charge in [0.2, 0.25) is 5.91 Å². The number of rotatable bonds is 5. The molecule has 1 aromatic carbocycles. The third kappa shape index (κ3) is 3.18. The number of esters is 1. The van der Waals surface area contributed by atoms with Crippen molar-refractivity contribution in [1.82, 2.24) is 9.55 Å². The number of likely N-dealkylation sites (N-methyl/N-ethyl adjacent to an activating group) is 1. The van der Waals surface area contributed by atoms with Gasteiger partial charge in [-0.2, -0.15) is 0 Å². The van der Waals surface area contributed by atoms with E-state index < -0.39 is 17.2 Å². The summed E-state index contributed by atoms with van der Waals surface area (Å²) in [5, 5.41) is 0. The molecule has 0 aliphatic carbocycles. The summed E-state index contributed by atoms with van der Waals surface area (Å²) in [6, 6.07) is 5.19. The molecule has 1 atom stereocenters. The van der Waals surface area contributed by atoms with Gasteiger partial charge >= 0.3 is 11.7 Å². The van der Waals surface area contributed by atoms with Crippen molar-refractivity contribution in [2.45, 2.75) is 32.6 Å². The van der Waals surface area contributed by atoms with Crippen LogP contribution in [0.25, 0.3) is 5.69 Å². The molecule has 0 spiro atoms. The zero-order valence-corrected chi connectivity index (χ0v) is 15.4. The minimum Gasteiger partial charge on any atom is -0.462 e. The molecule has 27 heavy (non-hydrogen) atoms. The fourth-order valence-corrected chi connectivity index (χ4v) is 3.35. The van der Waals surface area contributed by atoms with Gasteiger partial charge in [-0.1, -0.05) is 13.3 Å². The van der Waals surface area contributed by atoms with E-state index in [1.54, 1.807) is 37.1 Å². The van der Waals surface area contributed by atoms with E-state index in [9.17, 15) is 19.2 Å². The first-order chi connectivity index (χ1) is 12.9. The molecule has 8 nitrogen and oxygen atoms in total. The number of aromatic nitrogens is 2. The van der Waals surface area contributed by atoms with Crippen LogP contribution in [0.3, 0.4) is 0 Å². The van der Waals surface area contributed by atoms with E-state index in [1.807, 2.05) is 6.92 Å². The van der Waals surface area contributed by atoms with E-state index in [4.69, 9.17) is 4.74 Å². The number of anilines is 1. The third-order valence-corrected chi connectivity index (χ3v) is 4.67. The van der Waals surface area contributed by atoms with Gasteiger partial charge in [0.1, 0.15) is 5.56 Å². The summed E-state index contributed by atoms with van der Waals surface area (Å²) >= 11 is 0. The summed E-state index contributed by atoms with van der Waals surface area (Å²) in [7, 11) is 1.72. The van der Waals surface area contributed by atoms with Crippen molar-refractivity contribution >= 4 is 17.6 Å². The highest BCUT2D eigenvalue weighted by atomic mass is 16.5. The van der Waals surface area contributed by atoms with Gasteiger partial charge < -0.3 is 9.64 Å². The van der Waals surface area contributed by atoms with Crippen LogP contribution in [0, 0.1) is 0 Å². The lowest BCUT2D eigenvalue weighted by Crippen LogP contribution is -2.33. The smallest absolute Gasteiger partial charge is 0.345 e. The number of carbonyl (C=O) groups is 2. The van der Waals surface area contributed by atoms with E-state index in [-0.39, 0.29) is 24.0 Å². The number of fused-ring (bicyclic) bond motifs is 1. The molecule has 1 aliphatic rings. The molecular formula is C19H21N3O5. The Morgan fingerprint density at radius 2 is 1.96 bits per heavy atom. The summed E-state index contributed by atoms with van der Waals surface area (Å²) in [4.78, 5) is 52.4. The highest BCUT2D eigenvalue weighted by Gasteiger charge is 2.34. The second-order valence-corrected chi connectivity index (χ2v) is 6.37. The highest BCUT2D eigenvalue weighted by Crippen LogP contribution is 2.39. The summed E-state index contributed by atoms with van der Waals surface area (Å²) in [5.41, 5.74) is 0.371. The maximum atomic E-state index is 12.5. The maximum Gasteiger partial charge on any atom is 0.345 e. The zero-order valence-electron chi connectivity index (χ0n) is 15.4. The number of carbonyl (C=O) groups excluding carboxylic acids is 2. The number of nitrogens with one attached hydrogen (secondary N) is 1. The van der Waals surface area contributed by atoms with Gasteiger partial charge in [-0.05, 0) is 37.1 Å². The molecule has 0 bridgehead atoms. The molecule has 1 aromatic heterocycles. The van der Waals surface area contributed by atoms with E-state index in [1.165, 1.54) is 10.8 Å². The number of H-pyrrole nitrogens is 1. The van der Waals surface area contributed by atoms with Gasteiger partial charge in [-0.25, -0.2) is 9.59 Å². The van der Waals surface area contributed by atoms with Crippen molar-refractivity contribution in [2.24, 2.45) is 0 Å². The Morgan fingerprint density at radius 1 is 1.22 bits per heavy atom. The molecule has 1 amide bonds. The Balaban J connectivity index is 2.12. The Kier molecular flexibility index (Phi) is 4.98. The number of nitrogens with zero attached hydrogens (tertiary/aromatic N) is 2. The molecule has 2 heterocycles. The van der Waals surface area contributed by atoms with Gasteiger partial charge in [0.15, 0.2) is 0 Å².